The Morgan fingerprint density at radius 1 is 1.14 bits per heavy atom. The predicted molar refractivity (Wildman–Crippen MR) is 84.1 cm³/mol. The van der Waals surface area contributed by atoms with Gasteiger partial charge in [0, 0.05) is 6.54 Å². The Bertz CT molecular complexity index is 654. The zero-order valence-electron chi connectivity index (χ0n) is 12.3. The van der Waals surface area contributed by atoms with E-state index in [-0.39, 0.29) is 17.9 Å². The monoisotopic (exact) mass is 298 g/mol. The highest BCUT2D eigenvalue weighted by Gasteiger charge is 2.22. The van der Waals surface area contributed by atoms with Crippen molar-refractivity contribution in [1.29, 1.82) is 0 Å². The molecular formula is C18H19FN2O. The second kappa shape index (κ2) is 6.60. The standard InChI is InChI=1S/C18H19FN2O/c19-15-8-5-13(6-9-15)11-12-20-18(22)21-17-10-7-14-3-1-2-4-16(14)17/h1-6,8-9,17H,7,10-12H2,(H2,20,21,22). The van der Waals surface area contributed by atoms with Crippen molar-refractivity contribution < 1.29 is 9.18 Å². The fourth-order valence-corrected chi connectivity index (χ4v) is 2.89. The summed E-state index contributed by atoms with van der Waals surface area (Å²) in [4.78, 5) is 12.0. The number of nitrogens with one attached hydrogen (secondary N) is 2. The van der Waals surface area contributed by atoms with Crippen molar-refractivity contribution in [3.63, 3.8) is 0 Å². The van der Waals surface area contributed by atoms with Crippen molar-refractivity contribution in [1.82, 2.24) is 10.6 Å². The third kappa shape index (κ3) is 3.45. The number of hydrogen-bond acceptors (Lipinski definition) is 1. The Balaban J connectivity index is 1.46. The second-order valence-corrected chi connectivity index (χ2v) is 5.57. The molecule has 2 aromatic rings. The molecule has 2 aromatic carbocycles. The Morgan fingerprint density at radius 2 is 1.91 bits per heavy atom. The summed E-state index contributed by atoms with van der Waals surface area (Å²) in [5.41, 5.74) is 3.54. The maximum absolute atomic E-state index is 12.8. The van der Waals surface area contributed by atoms with E-state index in [1.807, 2.05) is 12.1 Å². The van der Waals surface area contributed by atoms with E-state index in [0.29, 0.717) is 13.0 Å². The van der Waals surface area contributed by atoms with Crippen LogP contribution in [0, 0.1) is 5.82 Å². The summed E-state index contributed by atoms with van der Waals surface area (Å²) in [6, 6.07) is 14.5. The first-order valence-electron chi connectivity index (χ1n) is 7.59. The molecule has 1 aliphatic carbocycles. The molecule has 0 aliphatic heterocycles. The summed E-state index contributed by atoms with van der Waals surface area (Å²) in [6.45, 7) is 0.534. The highest BCUT2D eigenvalue weighted by atomic mass is 19.1. The van der Waals surface area contributed by atoms with Gasteiger partial charge in [0.15, 0.2) is 0 Å². The molecule has 22 heavy (non-hydrogen) atoms. The van der Waals surface area contributed by atoms with Gasteiger partial charge in [-0.15, -0.1) is 0 Å². The zero-order chi connectivity index (χ0) is 15.4. The number of rotatable bonds is 4. The predicted octanol–water partition coefficient (Wildman–Crippen LogP) is 3.35. The quantitative estimate of drug-likeness (QED) is 0.893. The van der Waals surface area contributed by atoms with Crippen LogP contribution in [0.5, 0.6) is 0 Å². The number of benzene rings is 2. The van der Waals surface area contributed by atoms with Crippen LogP contribution in [-0.4, -0.2) is 12.6 Å². The summed E-state index contributed by atoms with van der Waals surface area (Å²) in [7, 11) is 0. The minimum atomic E-state index is -0.241. The number of hydrogen-bond donors (Lipinski definition) is 2. The highest BCUT2D eigenvalue weighted by Crippen LogP contribution is 2.30. The van der Waals surface area contributed by atoms with Gasteiger partial charge in [0.2, 0.25) is 0 Å². The van der Waals surface area contributed by atoms with E-state index in [1.165, 1.54) is 23.3 Å². The Morgan fingerprint density at radius 3 is 2.73 bits per heavy atom. The first-order valence-corrected chi connectivity index (χ1v) is 7.59. The molecule has 1 aliphatic rings. The van der Waals surface area contributed by atoms with Crippen molar-refractivity contribution in [2.75, 3.05) is 6.54 Å². The van der Waals surface area contributed by atoms with E-state index in [4.69, 9.17) is 0 Å². The van der Waals surface area contributed by atoms with E-state index >= 15 is 0 Å². The van der Waals surface area contributed by atoms with E-state index in [2.05, 4.69) is 22.8 Å². The number of aryl methyl sites for hydroxylation is 1. The maximum atomic E-state index is 12.8. The lowest BCUT2D eigenvalue weighted by Crippen LogP contribution is -2.38. The number of halogens is 1. The first kappa shape index (κ1) is 14.6. The lowest BCUT2D eigenvalue weighted by molar-refractivity contribution is 0.237. The van der Waals surface area contributed by atoms with Gasteiger partial charge in [0.05, 0.1) is 6.04 Å². The van der Waals surface area contributed by atoms with Crippen molar-refractivity contribution in [3.05, 3.63) is 71.0 Å². The lowest BCUT2D eigenvalue weighted by atomic mass is 10.1. The van der Waals surface area contributed by atoms with Crippen molar-refractivity contribution in [3.8, 4) is 0 Å². The molecular weight excluding hydrogens is 279 g/mol. The Labute approximate surface area is 129 Å². The van der Waals surface area contributed by atoms with Crippen LogP contribution < -0.4 is 10.6 Å². The van der Waals surface area contributed by atoms with E-state index in [1.54, 1.807) is 12.1 Å². The van der Waals surface area contributed by atoms with E-state index in [0.717, 1.165) is 18.4 Å². The summed E-state index contributed by atoms with van der Waals surface area (Å²) in [5.74, 6) is -0.241. The Kier molecular flexibility index (Phi) is 4.37. The highest BCUT2D eigenvalue weighted by molar-refractivity contribution is 5.74. The van der Waals surface area contributed by atoms with Crippen molar-refractivity contribution in [2.45, 2.75) is 25.3 Å². The van der Waals surface area contributed by atoms with Gasteiger partial charge in [0.25, 0.3) is 0 Å². The van der Waals surface area contributed by atoms with Gasteiger partial charge in [-0.05, 0) is 48.1 Å². The molecule has 4 heteroatoms. The second-order valence-electron chi connectivity index (χ2n) is 5.57. The van der Waals surface area contributed by atoms with Gasteiger partial charge in [-0.25, -0.2) is 9.18 Å². The number of fused-ring (bicyclic) bond motifs is 1. The summed E-state index contributed by atoms with van der Waals surface area (Å²) >= 11 is 0. The molecule has 0 bridgehead atoms. The van der Waals surface area contributed by atoms with Crippen LogP contribution in [0.15, 0.2) is 48.5 Å². The summed E-state index contributed by atoms with van der Waals surface area (Å²) in [6.07, 6.45) is 2.65. The molecule has 0 saturated heterocycles. The van der Waals surface area contributed by atoms with Gasteiger partial charge >= 0.3 is 6.03 Å². The Hall–Kier alpha value is -2.36. The summed E-state index contributed by atoms with van der Waals surface area (Å²) in [5, 5.41) is 5.88. The molecule has 0 heterocycles. The van der Waals surface area contributed by atoms with Crippen LogP contribution in [0.1, 0.15) is 29.2 Å². The van der Waals surface area contributed by atoms with E-state index in [9.17, 15) is 9.18 Å². The zero-order valence-corrected chi connectivity index (χ0v) is 12.3. The average Bonchev–Trinajstić information content (AvgIpc) is 2.93. The van der Waals surface area contributed by atoms with Gasteiger partial charge in [0.1, 0.15) is 5.82 Å². The third-order valence-electron chi connectivity index (χ3n) is 4.05. The van der Waals surface area contributed by atoms with E-state index < -0.39 is 0 Å². The number of carbonyl (C=O) groups excluding carboxylic acids is 1. The summed E-state index contributed by atoms with van der Waals surface area (Å²) < 4.78 is 12.8. The lowest BCUT2D eigenvalue weighted by Gasteiger charge is -2.15. The van der Waals surface area contributed by atoms with Crippen LogP contribution in [0.25, 0.3) is 0 Å². The van der Waals surface area contributed by atoms with Crippen LogP contribution in [0.2, 0.25) is 0 Å². The molecule has 0 aromatic heterocycles. The average molecular weight is 298 g/mol. The number of urea groups is 1. The molecule has 0 fully saturated rings. The normalized spacial score (nSPS) is 16.1. The molecule has 1 atom stereocenters. The van der Waals surface area contributed by atoms with Crippen LogP contribution >= 0.6 is 0 Å². The molecule has 2 amide bonds. The SMILES string of the molecule is O=C(NCCc1ccc(F)cc1)NC1CCc2ccccc21. The fourth-order valence-electron chi connectivity index (χ4n) is 2.89. The smallest absolute Gasteiger partial charge is 0.315 e. The molecule has 3 rings (SSSR count). The van der Waals surface area contributed by atoms with Crippen LogP contribution in [0.4, 0.5) is 9.18 Å². The molecule has 0 saturated carbocycles. The fraction of sp³-hybridized carbons (Fsp3) is 0.278. The molecule has 0 radical (unpaired) electrons. The van der Waals surface area contributed by atoms with Gasteiger partial charge in [-0.3, -0.25) is 0 Å². The number of amides is 2. The van der Waals surface area contributed by atoms with Gasteiger partial charge < -0.3 is 10.6 Å². The first-order chi connectivity index (χ1) is 10.7. The molecule has 114 valence electrons. The molecule has 2 N–H and O–H groups in total. The molecule has 3 nitrogen and oxygen atoms in total. The molecule has 0 spiro atoms. The van der Waals surface area contributed by atoms with Gasteiger partial charge in [-0.2, -0.15) is 0 Å². The van der Waals surface area contributed by atoms with Gasteiger partial charge in [-0.1, -0.05) is 36.4 Å². The van der Waals surface area contributed by atoms with Crippen molar-refractivity contribution in [2.24, 2.45) is 0 Å². The number of carbonyl (C=O) groups is 1. The minimum Gasteiger partial charge on any atom is -0.338 e. The van der Waals surface area contributed by atoms with Crippen LogP contribution in [0.3, 0.4) is 0 Å². The maximum Gasteiger partial charge on any atom is 0.315 e. The van der Waals surface area contributed by atoms with Crippen molar-refractivity contribution >= 4 is 6.03 Å². The largest absolute Gasteiger partial charge is 0.338 e. The topological polar surface area (TPSA) is 41.1 Å². The van der Waals surface area contributed by atoms with Crippen LogP contribution in [-0.2, 0) is 12.8 Å². The molecule has 1 unspecified atom stereocenters. The third-order valence-corrected chi connectivity index (χ3v) is 4.05. The minimum absolute atomic E-state index is 0.0991.